The molecular weight excluding hydrogens is 278 g/mol. The molecule has 2 aromatic carbocycles. The maximum atomic E-state index is 5.58. The Bertz CT molecular complexity index is 817. The third kappa shape index (κ3) is 2.54. The lowest BCUT2D eigenvalue weighted by molar-refractivity contribution is -0.664. The number of hydrogen-bond donors (Lipinski definition) is 0. The van der Waals surface area contributed by atoms with Crippen molar-refractivity contribution < 1.29 is 9.30 Å². The maximum Gasteiger partial charge on any atom is 0.266 e. The highest BCUT2D eigenvalue weighted by Gasteiger charge is 2.20. The number of benzene rings is 2. The van der Waals surface area contributed by atoms with E-state index in [-0.39, 0.29) is 0 Å². The predicted octanol–water partition coefficient (Wildman–Crippen LogP) is 4.76. The second-order valence-corrected chi connectivity index (χ2v) is 6.07. The van der Waals surface area contributed by atoms with E-state index in [1.165, 1.54) is 26.0 Å². The lowest BCUT2D eigenvalue weighted by atomic mass is 10.1. The minimum absolute atomic E-state index is 0.711. The number of thiazole rings is 1. The van der Waals surface area contributed by atoms with Gasteiger partial charge in [0.05, 0.1) is 18.1 Å². The van der Waals surface area contributed by atoms with Crippen LogP contribution in [0.3, 0.4) is 0 Å². The van der Waals surface area contributed by atoms with Gasteiger partial charge in [0.2, 0.25) is 5.52 Å². The van der Waals surface area contributed by atoms with Gasteiger partial charge in [0.25, 0.3) is 5.01 Å². The molecule has 108 valence electrons. The summed E-state index contributed by atoms with van der Waals surface area (Å²) in [5.41, 5.74) is 1.33. The van der Waals surface area contributed by atoms with Crippen LogP contribution >= 0.6 is 11.3 Å². The highest BCUT2D eigenvalue weighted by atomic mass is 32.1. The first-order valence-electron chi connectivity index (χ1n) is 7.39. The molecule has 0 spiro atoms. The lowest BCUT2D eigenvalue weighted by Gasteiger charge is -2.00. The number of hydrogen-bond acceptors (Lipinski definition) is 2. The summed E-state index contributed by atoms with van der Waals surface area (Å²) in [5.74, 6) is 0.968. The molecule has 0 saturated carbocycles. The van der Waals surface area contributed by atoms with Crippen LogP contribution in [0.2, 0.25) is 0 Å². The van der Waals surface area contributed by atoms with Gasteiger partial charge in [-0.05, 0) is 38.3 Å². The fourth-order valence-corrected chi connectivity index (χ4v) is 3.97. The fraction of sp³-hybridized carbons (Fsp3) is 0.278. The topological polar surface area (TPSA) is 13.1 Å². The molecule has 0 aliphatic carbocycles. The molecule has 0 N–H and O–H groups in total. The number of allylic oxidation sites excluding steroid dienone is 1. The van der Waals surface area contributed by atoms with Crippen LogP contribution in [0.1, 0.15) is 25.8 Å². The van der Waals surface area contributed by atoms with E-state index < -0.39 is 0 Å². The van der Waals surface area contributed by atoms with Gasteiger partial charge in [0.15, 0.2) is 0 Å². The van der Waals surface area contributed by atoms with E-state index in [0.29, 0.717) is 6.61 Å². The third-order valence-corrected chi connectivity index (χ3v) is 4.73. The van der Waals surface area contributed by atoms with Gasteiger partial charge in [-0.2, -0.15) is 4.57 Å². The smallest absolute Gasteiger partial charge is 0.266 e. The van der Waals surface area contributed by atoms with Gasteiger partial charge in [-0.25, -0.2) is 0 Å². The number of fused-ring (bicyclic) bond motifs is 3. The van der Waals surface area contributed by atoms with Gasteiger partial charge < -0.3 is 4.74 Å². The van der Waals surface area contributed by atoms with Gasteiger partial charge in [-0.1, -0.05) is 35.6 Å². The zero-order valence-electron chi connectivity index (χ0n) is 12.7. The monoisotopic (exact) mass is 298 g/mol. The molecule has 0 unspecified atom stereocenters. The summed E-state index contributed by atoms with van der Waals surface area (Å²) < 4.78 is 9.29. The van der Waals surface area contributed by atoms with Gasteiger partial charge >= 0.3 is 0 Å². The Hall–Kier alpha value is -1.87. The van der Waals surface area contributed by atoms with Crippen LogP contribution in [0.4, 0.5) is 0 Å². The summed E-state index contributed by atoms with van der Waals surface area (Å²) in [5, 5.41) is 3.86. The molecule has 3 aromatic rings. The summed E-state index contributed by atoms with van der Waals surface area (Å²) in [6, 6.07) is 13.0. The molecule has 1 aromatic heterocycles. The highest BCUT2D eigenvalue weighted by molar-refractivity contribution is 7.19. The molecule has 0 atom stereocenters. The molecule has 21 heavy (non-hydrogen) atoms. The van der Waals surface area contributed by atoms with Crippen molar-refractivity contribution in [3.05, 3.63) is 47.2 Å². The lowest BCUT2D eigenvalue weighted by Crippen LogP contribution is -2.33. The van der Waals surface area contributed by atoms with Crippen molar-refractivity contribution in [3.63, 3.8) is 0 Å². The fourth-order valence-electron chi connectivity index (χ4n) is 2.74. The molecule has 3 heteroatoms. The number of aromatic nitrogens is 1. The molecule has 2 nitrogen and oxygen atoms in total. The Balaban J connectivity index is 2.28. The normalized spacial score (nSPS) is 12.2. The number of aryl methyl sites for hydroxylation is 1. The molecule has 0 aliphatic rings. The van der Waals surface area contributed by atoms with E-state index in [1.807, 2.05) is 25.2 Å². The first-order chi connectivity index (χ1) is 10.2. The van der Waals surface area contributed by atoms with E-state index in [9.17, 15) is 0 Å². The maximum absolute atomic E-state index is 5.58. The zero-order valence-corrected chi connectivity index (χ0v) is 13.5. The molecule has 0 amide bonds. The molecular formula is C18H20NOS+. The Morgan fingerprint density at radius 3 is 2.76 bits per heavy atom. The van der Waals surface area contributed by atoms with E-state index in [0.717, 1.165) is 12.3 Å². The summed E-state index contributed by atoms with van der Waals surface area (Å²) in [7, 11) is 0. The van der Waals surface area contributed by atoms with Crippen molar-refractivity contribution in [1.82, 2.24) is 0 Å². The van der Waals surface area contributed by atoms with Crippen molar-refractivity contribution in [1.29, 1.82) is 0 Å². The summed E-state index contributed by atoms with van der Waals surface area (Å²) in [4.78, 5) is 0. The summed E-state index contributed by atoms with van der Waals surface area (Å²) >= 11 is 1.82. The molecule has 0 saturated heterocycles. The number of rotatable bonds is 4. The van der Waals surface area contributed by atoms with Crippen molar-refractivity contribution >= 4 is 38.4 Å². The van der Waals surface area contributed by atoms with Crippen molar-refractivity contribution in [2.24, 2.45) is 0 Å². The van der Waals surface area contributed by atoms with Crippen LogP contribution < -0.4 is 4.57 Å². The van der Waals surface area contributed by atoms with Crippen molar-refractivity contribution in [2.45, 2.75) is 27.3 Å². The van der Waals surface area contributed by atoms with Crippen LogP contribution in [-0.2, 0) is 11.3 Å². The zero-order chi connectivity index (χ0) is 14.8. The Morgan fingerprint density at radius 2 is 2.00 bits per heavy atom. The van der Waals surface area contributed by atoms with Crippen LogP contribution in [0.15, 0.2) is 42.2 Å². The van der Waals surface area contributed by atoms with Crippen molar-refractivity contribution in [3.8, 4) is 0 Å². The molecule has 1 heterocycles. The number of ether oxygens (including phenoxy) is 1. The van der Waals surface area contributed by atoms with Crippen LogP contribution in [0.25, 0.3) is 27.1 Å². The standard InChI is InChI=1S/C18H20NOS/c1-4-19-17(12-13(3)20-5-2)21-16-11-10-14-8-6-7-9-15(14)18(16)19/h6-12H,4-5H2,1-3H3/q+1/b13-12-. The van der Waals surface area contributed by atoms with Gasteiger partial charge in [-0.15, -0.1) is 0 Å². The van der Waals surface area contributed by atoms with E-state index in [2.05, 4.69) is 54.0 Å². The van der Waals surface area contributed by atoms with Gasteiger partial charge in [0.1, 0.15) is 17.0 Å². The molecule has 0 bridgehead atoms. The molecule has 0 radical (unpaired) electrons. The molecule has 3 rings (SSSR count). The second-order valence-electron chi connectivity index (χ2n) is 5.01. The van der Waals surface area contributed by atoms with E-state index >= 15 is 0 Å². The van der Waals surface area contributed by atoms with Crippen LogP contribution in [0, 0.1) is 0 Å². The Kier molecular flexibility index (Phi) is 3.93. The predicted molar refractivity (Wildman–Crippen MR) is 90.5 cm³/mol. The molecule has 0 aliphatic heterocycles. The van der Waals surface area contributed by atoms with E-state index in [1.54, 1.807) is 0 Å². The average Bonchev–Trinajstić information content (AvgIpc) is 2.84. The minimum atomic E-state index is 0.711. The highest BCUT2D eigenvalue weighted by Crippen LogP contribution is 2.29. The number of nitrogens with zero attached hydrogens (tertiary/aromatic N) is 1. The van der Waals surface area contributed by atoms with Crippen molar-refractivity contribution in [2.75, 3.05) is 6.61 Å². The van der Waals surface area contributed by atoms with Gasteiger partial charge in [-0.3, -0.25) is 0 Å². The van der Waals surface area contributed by atoms with Crippen LogP contribution in [0.5, 0.6) is 0 Å². The first kappa shape index (κ1) is 14.1. The molecule has 0 fully saturated rings. The minimum Gasteiger partial charge on any atom is -0.498 e. The second kappa shape index (κ2) is 5.86. The first-order valence-corrected chi connectivity index (χ1v) is 8.21. The summed E-state index contributed by atoms with van der Waals surface area (Å²) in [6.07, 6.45) is 2.15. The Labute approximate surface area is 129 Å². The third-order valence-electron chi connectivity index (χ3n) is 3.63. The SMILES string of the molecule is CCO/C(C)=C\c1sc2ccc3ccccc3c2[n+]1CC. The Morgan fingerprint density at radius 1 is 1.19 bits per heavy atom. The van der Waals surface area contributed by atoms with Crippen LogP contribution in [-0.4, -0.2) is 6.61 Å². The van der Waals surface area contributed by atoms with Gasteiger partial charge in [0, 0.05) is 0 Å². The quantitative estimate of drug-likeness (QED) is 0.500. The van der Waals surface area contributed by atoms with E-state index in [4.69, 9.17) is 4.74 Å². The summed E-state index contributed by atoms with van der Waals surface area (Å²) in [6.45, 7) is 7.90. The average molecular weight is 298 g/mol. The largest absolute Gasteiger partial charge is 0.498 e.